The van der Waals surface area contributed by atoms with Gasteiger partial charge in [-0.15, -0.1) is 11.3 Å². The summed E-state index contributed by atoms with van der Waals surface area (Å²) in [5.74, 6) is 1.71. The fraction of sp³-hybridized carbons (Fsp3) is 0.100. The zero-order valence-corrected chi connectivity index (χ0v) is 14.6. The van der Waals surface area contributed by atoms with E-state index in [0.29, 0.717) is 0 Å². The highest BCUT2D eigenvalue weighted by atomic mass is 32.1. The Bertz CT molecular complexity index is 981. The van der Waals surface area contributed by atoms with E-state index < -0.39 is 0 Å². The van der Waals surface area contributed by atoms with Crippen LogP contribution < -0.4 is 10.1 Å². The minimum absolute atomic E-state index is 0.727. The van der Waals surface area contributed by atoms with Gasteiger partial charge in [0.1, 0.15) is 22.7 Å². The first-order valence-electron chi connectivity index (χ1n) is 7.99. The first-order chi connectivity index (χ1) is 12.3. The van der Waals surface area contributed by atoms with Gasteiger partial charge in [-0.05, 0) is 23.3 Å². The molecular formula is C20H17N3OS. The van der Waals surface area contributed by atoms with Gasteiger partial charge in [0, 0.05) is 17.5 Å². The highest BCUT2D eigenvalue weighted by molar-refractivity contribution is 7.17. The summed E-state index contributed by atoms with van der Waals surface area (Å²) in [4.78, 5) is 9.88. The van der Waals surface area contributed by atoms with Crippen LogP contribution in [0.15, 0.2) is 66.3 Å². The second-order valence-electron chi connectivity index (χ2n) is 5.62. The van der Waals surface area contributed by atoms with Crippen LogP contribution in [-0.4, -0.2) is 17.1 Å². The highest BCUT2D eigenvalue weighted by Gasteiger charge is 2.13. The van der Waals surface area contributed by atoms with Crippen LogP contribution in [0, 0.1) is 0 Å². The molecule has 0 fully saturated rings. The number of hydrogen-bond acceptors (Lipinski definition) is 5. The zero-order valence-electron chi connectivity index (χ0n) is 13.8. The van der Waals surface area contributed by atoms with E-state index in [1.807, 2.05) is 30.3 Å². The Labute approximate surface area is 150 Å². The lowest BCUT2D eigenvalue weighted by Crippen LogP contribution is -2.02. The van der Waals surface area contributed by atoms with E-state index in [1.54, 1.807) is 24.8 Å². The molecule has 0 radical (unpaired) electrons. The summed E-state index contributed by atoms with van der Waals surface area (Å²) in [6.07, 6.45) is 1.62. The normalized spacial score (nSPS) is 10.8. The molecule has 25 heavy (non-hydrogen) atoms. The molecule has 0 spiro atoms. The Hall–Kier alpha value is -2.92. The van der Waals surface area contributed by atoms with Crippen LogP contribution in [0.3, 0.4) is 0 Å². The summed E-state index contributed by atoms with van der Waals surface area (Å²) in [7, 11) is 1.68. The molecule has 0 saturated heterocycles. The summed E-state index contributed by atoms with van der Waals surface area (Å²) in [6, 6.07) is 18.4. The molecule has 0 saturated carbocycles. The Balaban J connectivity index is 1.71. The molecule has 1 N–H and O–H groups in total. The molecule has 4 rings (SSSR count). The Morgan fingerprint density at radius 2 is 1.80 bits per heavy atom. The van der Waals surface area contributed by atoms with Gasteiger partial charge in [0.15, 0.2) is 0 Å². The van der Waals surface area contributed by atoms with Crippen molar-refractivity contribution in [2.45, 2.75) is 6.54 Å². The van der Waals surface area contributed by atoms with Crippen molar-refractivity contribution in [2.24, 2.45) is 0 Å². The predicted molar refractivity (Wildman–Crippen MR) is 103 cm³/mol. The average molecular weight is 347 g/mol. The fourth-order valence-electron chi connectivity index (χ4n) is 2.77. The summed E-state index contributed by atoms with van der Waals surface area (Å²) in [6.45, 7) is 0.727. The summed E-state index contributed by atoms with van der Waals surface area (Å²) in [5, 5.41) is 6.65. The molecule has 4 aromatic rings. The Kier molecular flexibility index (Phi) is 4.31. The molecule has 2 aromatic heterocycles. The molecule has 2 aromatic carbocycles. The van der Waals surface area contributed by atoms with Gasteiger partial charge in [-0.3, -0.25) is 0 Å². The number of benzene rings is 2. The fourth-order valence-corrected chi connectivity index (χ4v) is 3.69. The van der Waals surface area contributed by atoms with Crippen LogP contribution in [0.25, 0.3) is 21.3 Å². The molecule has 0 aliphatic heterocycles. The van der Waals surface area contributed by atoms with E-state index in [2.05, 4.69) is 44.9 Å². The second kappa shape index (κ2) is 6.91. The number of nitrogens with one attached hydrogen (secondary N) is 1. The van der Waals surface area contributed by atoms with Crippen LogP contribution in [0.1, 0.15) is 5.56 Å². The van der Waals surface area contributed by atoms with Crippen molar-refractivity contribution in [3.63, 3.8) is 0 Å². The van der Waals surface area contributed by atoms with Crippen molar-refractivity contribution < 1.29 is 4.74 Å². The Morgan fingerprint density at radius 1 is 1.00 bits per heavy atom. The highest BCUT2D eigenvalue weighted by Crippen LogP contribution is 2.37. The first-order valence-corrected chi connectivity index (χ1v) is 8.87. The molecule has 0 aliphatic rings. The van der Waals surface area contributed by atoms with E-state index in [1.165, 1.54) is 5.56 Å². The number of nitrogens with zero attached hydrogens (tertiary/aromatic N) is 2. The van der Waals surface area contributed by atoms with Gasteiger partial charge in [0.25, 0.3) is 0 Å². The van der Waals surface area contributed by atoms with Crippen LogP contribution in [0.4, 0.5) is 5.82 Å². The number of fused-ring (bicyclic) bond motifs is 1. The summed E-state index contributed by atoms with van der Waals surface area (Å²) in [5.41, 5.74) is 3.49. The van der Waals surface area contributed by atoms with Crippen molar-refractivity contribution >= 4 is 27.4 Å². The third kappa shape index (κ3) is 3.19. The molecule has 4 nitrogen and oxygen atoms in total. The molecule has 5 heteroatoms. The minimum atomic E-state index is 0.727. The van der Waals surface area contributed by atoms with E-state index >= 15 is 0 Å². The van der Waals surface area contributed by atoms with Gasteiger partial charge in [-0.1, -0.05) is 42.5 Å². The van der Waals surface area contributed by atoms with E-state index in [4.69, 9.17) is 4.74 Å². The number of anilines is 1. The average Bonchev–Trinajstić information content (AvgIpc) is 3.12. The number of methoxy groups -OCH3 is 1. The van der Waals surface area contributed by atoms with Gasteiger partial charge in [-0.25, -0.2) is 9.97 Å². The van der Waals surface area contributed by atoms with E-state index in [-0.39, 0.29) is 0 Å². The molecule has 0 amide bonds. The number of aromatic nitrogens is 2. The van der Waals surface area contributed by atoms with Crippen molar-refractivity contribution in [1.82, 2.24) is 9.97 Å². The monoisotopic (exact) mass is 347 g/mol. The Morgan fingerprint density at radius 3 is 2.56 bits per heavy atom. The molecule has 0 unspecified atom stereocenters. The van der Waals surface area contributed by atoms with Crippen LogP contribution in [0.2, 0.25) is 0 Å². The topological polar surface area (TPSA) is 47.0 Å². The quantitative estimate of drug-likeness (QED) is 0.553. The van der Waals surface area contributed by atoms with Crippen molar-refractivity contribution in [1.29, 1.82) is 0 Å². The standard InChI is InChI=1S/C20H17N3OS/c1-24-16-9-7-15(8-10-16)17-12-25-20-18(17)19(22-13-23-20)21-11-14-5-3-2-4-6-14/h2-10,12-13H,11H2,1H3,(H,21,22,23). The van der Waals surface area contributed by atoms with E-state index in [9.17, 15) is 0 Å². The molecular weight excluding hydrogens is 330 g/mol. The maximum Gasteiger partial charge on any atom is 0.139 e. The SMILES string of the molecule is COc1ccc(-c2csc3ncnc(NCc4ccccc4)c23)cc1. The van der Waals surface area contributed by atoms with Crippen LogP contribution in [-0.2, 0) is 6.54 Å². The zero-order chi connectivity index (χ0) is 17.1. The maximum atomic E-state index is 5.25. The number of ether oxygens (including phenoxy) is 1. The van der Waals surface area contributed by atoms with Crippen molar-refractivity contribution in [3.8, 4) is 16.9 Å². The molecule has 2 heterocycles. The molecule has 0 bridgehead atoms. The molecule has 0 aliphatic carbocycles. The molecule has 0 atom stereocenters. The van der Waals surface area contributed by atoms with Crippen molar-refractivity contribution in [2.75, 3.05) is 12.4 Å². The third-order valence-corrected chi connectivity index (χ3v) is 4.96. The summed E-state index contributed by atoms with van der Waals surface area (Å²) >= 11 is 1.63. The minimum Gasteiger partial charge on any atom is -0.497 e. The van der Waals surface area contributed by atoms with Gasteiger partial charge in [0.2, 0.25) is 0 Å². The lowest BCUT2D eigenvalue weighted by molar-refractivity contribution is 0.415. The third-order valence-electron chi connectivity index (χ3n) is 4.07. The smallest absolute Gasteiger partial charge is 0.139 e. The predicted octanol–water partition coefficient (Wildman–Crippen LogP) is 4.98. The van der Waals surface area contributed by atoms with Crippen LogP contribution >= 0.6 is 11.3 Å². The molecule has 124 valence electrons. The van der Waals surface area contributed by atoms with Gasteiger partial charge in [-0.2, -0.15) is 0 Å². The van der Waals surface area contributed by atoms with Gasteiger partial charge in [0.05, 0.1) is 12.5 Å². The van der Waals surface area contributed by atoms with E-state index in [0.717, 1.165) is 39.5 Å². The number of rotatable bonds is 5. The number of thiophene rings is 1. The maximum absolute atomic E-state index is 5.25. The van der Waals surface area contributed by atoms with Crippen LogP contribution in [0.5, 0.6) is 5.75 Å². The first kappa shape index (κ1) is 15.6. The summed E-state index contributed by atoms with van der Waals surface area (Å²) < 4.78 is 5.25. The van der Waals surface area contributed by atoms with Gasteiger partial charge < -0.3 is 10.1 Å². The largest absolute Gasteiger partial charge is 0.497 e. The second-order valence-corrected chi connectivity index (χ2v) is 6.48. The lowest BCUT2D eigenvalue weighted by atomic mass is 10.1. The lowest BCUT2D eigenvalue weighted by Gasteiger charge is -2.09. The van der Waals surface area contributed by atoms with Crippen molar-refractivity contribution in [3.05, 3.63) is 71.9 Å². The van der Waals surface area contributed by atoms with Gasteiger partial charge >= 0.3 is 0 Å². The number of hydrogen-bond donors (Lipinski definition) is 1.